The summed E-state index contributed by atoms with van der Waals surface area (Å²) in [6, 6.07) is 8.04. The lowest BCUT2D eigenvalue weighted by atomic mass is 10.2. The minimum atomic E-state index is -0.462. The maximum absolute atomic E-state index is 13.5. The van der Waals surface area contributed by atoms with Gasteiger partial charge in [0, 0.05) is 5.56 Å². The van der Waals surface area contributed by atoms with Crippen LogP contribution in [0, 0.1) is 5.82 Å². The number of pyridine rings is 1. The highest BCUT2D eigenvalue weighted by molar-refractivity contribution is 6.30. The average Bonchev–Trinajstić information content (AvgIpc) is 2.33. The van der Waals surface area contributed by atoms with Gasteiger partial charge in [-0.3, -0.25) is 0 Å². The van der Waals surface area contributed by atoms with Crippen molar-refractivity contribution in [3.05, 3.63) is 58.1 Å². The Morgan fingerprint density at radius 2 is 2.00 bits per heavy atom. The highest BCUT2D eigenvalue weighted by Gasteiger charge is 2.06. The molecular formula is C12H8Cl2FNO. The van der Waals surface area contributed by atoms with Crippen LogP contribution in [-0.4, -0.2) is 4.98 Å². The van der Waals surface area contributed by atoms with Gasteiger partial charge in [0.05, 0.1) is 11.2 Å². The Kier molecular flexibility index (Phi) is 3.82. The normalized spacial score (nSPS) is 10.3. The summed E-state index contributed by atoms with van der Waals surface area (Å²) in [5.74, 6) is 0.0601. The van der Waals surface area contributed by atoms with E-state index < -0.39 is 5.82 Å². The highest BCUT2D eigenvalue weighted by Crippen LogP contribution is 2.20. The molecule has 0 N–H and O–H groups in total. The fourth-order valence-corrected chi connectivity index (χ4v) is 1.57. The molecule has 0 amide bonds. The van der Waals surface area contributed by atoms with Gasteiger partial charge in [-0.15, -0.1) is 0 Å². The van der Waals surface area contributed by atoms with E-state index in [0.29, 0.717) is 16.5 Å². The number of benzene rings is 1. The van der Waals surface area contributed by atoms with Crippen molar-refractivity contribution in [3.8, 4) is 5.75 Å². The SMILES string of the molecule is Fc1c(Cl)cccc1COc1ccc(Cl)nc1. The Morgan fingerprint density at radius 3 is 2.71 bits per heavy atom. The maximum Gasteiger partial charge on any atom is 0.148 e. The van der Waals surface area contributed by atoms with E-state index in [9.17, 15) is 4.39 Å². The van der Waals surface area contributed by atoms with Crippen LogP contribution >= 0.6 is 23.2 Å². The first-order valence-corrected chi connectivity index (χ1v) is 5.59. The summed E-state index contributed by atoms with van der Waals surface area (Å²) in [7, 11) is 0. The number of nitrogens with zero attached hydrogens (tertiary/aromatic N) is 1. The molecule has 2 aromatic rings. The predicted molar refractivity (Wildman–Crippen MR) is 65.0 cm³/mol. The lowest BCUT2D eigenvalue weighted by molar-refractivity contribution is 0.298. The van der Waals surface area contributed by atoms with Gasteiger partial charge in [0.25, 0.3) is 0 Å². The number of hydrogen-bond acceptors (Lipinski definition) is 2. The van der Waals surface area contributed by atoms with E-state index in [2.05, 4.69) is 4.98 Å². The minimum absolute atomic E-state index is 0.0836. The van der Waals surface area contributed by atoms with Crippen molar-refractivity contribution in [2.24, 2.45) is 0 Å². The van der Waals surface area contributed by atoms with Gasteiger partial charge in [0.2, 0.25) is 0 Å². The van der Waals surface area contributed by atoms with Crippen LogP contribution < -0.4 is 4.74 Å². The summed E-state index contributed by atoms with van der Waals surface area (Å²) in [6.07, 6.45) is 1.48. The summed E-state index contributed by atoms with van der Waals surface area (Å²) in [5, 5.41) is 0.464. The quantitative estimate of drug-likeness (QED) is 0.784. The zero-order chi connectivity index (χ0) is 12.3. The van der Waals surface area contributed by atoms with Gasteiger partial charge >= 0.3 is 0 Å². The van der Waals surface area contributed by atoms with Crippen LogP contribution in [0.3, 0.4) is 0 Å². The molecule has 0 radical (unpaired) electrons. The molecular weight excluding hydrogens is 264 g/mol. The molecule has 5 heteroatoms. The Balaban J connectivity index is 2.07. The first kappa shape index (κ1) is 12.1. The molecule has 17 heavy (non-hydrogen) atoms. The first-order chi connectivity index (χ1) is 8.16. The first-order valence-electron chi connectivity index (χ1n) is 4.84. The summed E-state index contributed by atoms with van der Waals surface area (Å²) >= 11 is 11.3. The molecule has 0 saturated carbocycles. The molecule has 0 aliphatic rings. The fourth-order valence-electron chi connectivity index (χ4n) is 1.27. The Morgan fingerprint density at radius 1 is 1.18 bits per heavy atom. The molecule has 0 saturated heterocycles. The number of hydrogen-bond donors (Lipinski definition) is 0. The molecule has 88 valence electrons. The van der Waals surface area contributed by atoms with Gasteiger partial charge in [-0.1, -0.05) is 35.3 Å². The standard InChI is InChI=1S/C12H8Cl2FNO/c13-10-3-1-2-8(12(10)15)7-17-9-4-5-11(14)16-6-9/h1-6H,7H2. The van der Waals surface area contributed by atoms with Crippen LogP contribution in [0.1, 0.15) is 5.56 Å². The second-order valence-corrected chi connectivity index (χ2v) is 4.11. The predicted octanol–water partition coefficient (Wildman–Crippen LogP) is 4.11. The summed E-state index contributed by atoms with van der Waals surface area (Å²) in [4.78, 5) is 3.85. The topological polar surface area (TPSA) is 22.1 Å². The highest BCUT2D eigenvalue weighted by atomic mass is 35.5. The van der Waals surface area contributed by atoms with Crippen molar-refractivity contribution < 1.29 is 9.13 Å². The molecule has 2 nitrogen and oxygen atoms in total. The van der Waals surface area contributed by atoms with Crippen LogP contribution in [-0.2, 0) is 6.61 Å². The van der Waals surface area contributed by atoms with Gasteiger partial charge < -0.3 is 4.74 Å². The fraction of sp³-hybridized carbons (Fsp3) is 0.0833. The molecule has 2 rings (SSSR count). The Labute approximate surface area is 108 Å². The number of rotatable bonds is 3. The van der Waals surface area contributed by atoms with Gasteiger partial charge in [0.15, 0.2) is 0 Å². The van der Waals surface area contributed by atoms with Crippen molar-refractivity contribution in [2.45, 2.75) is 6.61 Å². The zero-order valence-electron chi connectivity index (χ0n) is 8.66. The van der Waals surface area contributed by atoms with Gasteiger partial charge in [-0.25, -0.2) is 9.37 Å². The van der Waals surface area contributed by atoms with Crippen LogP contribution in [0.5, 0.6) is 5.75 Å². The van der Waals surface area contributed by atoms with Crippen molar-refractivity contribution in [3.63, 3.8) is 0 Å². The van der Waals surface area contributed by atoms with Crippen LogP contribution in [0.15, 0.2) is 36.5 Å². The molecule has 1 aromatic heterocycles. The maximum atomic E-state index is 13.5. The van der Waals surface area contributed by atoms with Crippen molar-refractivity contribution >= 4 is 23.2 Å². The third kappa shape index (κ3) is 3.08. The smallest absolute Gasteiger partial charge is 0.148 e. The summed E-state index contributed by atoms with van der Waals surface area (Å²) < 4.78 is 18.9. The minimum Gasteiger partial charge on any atom is -0.487 e. The van der Waals surface area contributed by atoms with E-state index in [-0.39, 0.29) is 11.6 Å². The molecule has 1 heterocycles. The number of halogens is 3. The van der Waals surface area contributed by atoms with Gasteiger partial charge in [-0.2, -0.15) is 0 Å². The van der Waals surface area contributed by atoms with Crippen LogP contribution in [0.25, 0.3) is 0 Å². The monoisotopic (exact) mass is 271 g/mol. The molecule has 0 fully saturated rings. The lowest BCUT2D eigenvalue weighted by Gasteiger charge is -2.07. The van der Waals surface area contributed by atoms with Gasteiger partial charge in [-0.05, 0) is 18.2 Å². The molecule has 0 atom stereocenters. The van der Waals surface area contributed by atoms with Crippen LogP contribution in [0.4, 0.5) is 4.39 Å². The number of ether oxygens (including phenoxy) is 1. The summed E-state index contributed by atoms with van der Waals surface area (Å²) in [6.45, 7) is 0.0930. The summed E-state index contributed by atoms with van der Waals surface area (Å²) in [5.41, 5.74) is 0.396. The molecule has 0 aliphatic carbocycles. The molecule has 0 bridgehead atoms. The molecule has 0 aliphatic heterocycles. The largest absolute Gasteiger partial charge is 0.487 e. The lowest BCUT2D eigenvalue weighted by Crippen LogP contribution is -1.99. The third-order valence-corrected chi connectivity index (χ3v) is 2.64. The van der Waals surface area contributed by atoms with Crippen LogP contribution in [0.2, 0.25) is 10.2 Å². The van der Waals surface area contributed by atoms with Crippen molar-refractivity contribution in [1.29, 1.82) is 0 Å². The van der Waals surface area contributed by atoms with Gasteiger partial charge in [0.1, 0.15) is 23.3 Å². The third-order valence-electron chi connectivity index (χ3n) is 2.13. The Bertz CT molecular complexity index is 516. The zero-order valence-corrected chi connectivity index (χ0v) is 10.2. The van der Waals surface area contributed by atoms with Crippen molar-refractivity contribution in [2.75, 3.05) is 0 Å². The second-order valence-electron chi connectivity index (χ2n) is 3.32. The second kappa shape index (κ2) is 5.34. The molecule has 0 unspecified atom stereocenters. The van der Waals surface area contributed by atoms with E-state index in [1.54, 1.807) is 24.3 Å². The Hall–Kier alpha value is -1.32. The van der Waals surface area contributed by atoms with E-state index in [4.69, 9.17) is 27.9 Å². The van der Waals surface area contributed by atoms with E-state index in [1.165, 1.54) is 12.3 Å². The number of aromatic nitrogens is 1. The van der Waals surface area contributed by atoms with E-state index >= 15 is 0 Å². The van der Waals surface area contributed by atoms with Crippen molar-refractivity contribution in [1.82, 2.24) is 4.98 Å². The van der Waals surface area contributed by atoms with E-state index in [0.717, 1.165) is 0 Å². The molecule has 0 spiro atoms. The van der Waals surface area contributed by atoms with E-state index in [1.807, 2.05) is 0 Å². The average molecular weight is 272 g/mol. The molecule has 1 aromatic carbocycles.